The first-order valence-electron chi connectivity index (χ1n) is 13.6. The number of nitrogens with one attached hydrogen (secondary N) is 2. The van der Waals surface area contributed by atoms with Gasteiger partial charge in [-0.05, 0) is 99.4 Å². The number of hydrogen-bond donors (Lipinski definition) is 2. The second-order valence-electron chi connectivity index (χ2n) is 11.4. The fourth-order valence-corrected chi connectivity index (χ4v) is 6.31. The van der Waals surface area contributed by atoms with Crippen LogP contribution in [0.3, 0.4) is 0 Å². The van der Waals surface area contributed by atoms with E-state index in [1.807, 2.05) is 50.2 Å². The highest BCUT2D eigenvalue weighted by atomic mass is 35.5. The van der Waals surface area contributed by atoms with Crippen LogP contribution in [0.4, 0.5) is 11.4 Å². The van der Waals surface area contributed by atoms with E-state index in [4.69, 9.17) is 23.8 Å². The van der Waals surface area contributed by atoms with Crippen LogP contribution in [-0.4, -0.2) is 40.0 Å². The molecule has 208 valence electrons. The number of amides is 1. The maximum absolute atomic E-state index is 13.1. The largest absolute Gasteiger partial charge is 0.365 e. The third-order valence-electron chi connectivity index (χ3n) is 8.10. The summed E-state index contributed by atoms with van der Waals surface area (Å²) in [4.78, 5) is 22.1. The van der Waals surface area contributed by atoms with Gasteiger partial charge in [0.25, 0.3) is 0 Å². The Morgan fingerprint density at radius 1 is 1.15 bits per heavy atom. The van der Waals surface area contributed by atoms with E-state index in [0.717, 1.165) is 39.3 Å². The molecule has 0 aliphatic carbocycles. The Labute approximate surface area is 247 Å². The lowest BCUT2D eigenvalue weighted by Gasteiger charge is -2.41. The topological polar surface area (TPSA) is 60.5 Å². The van der Waals surface area contributed by atoms with E-state index in [1.54, 1.807) is 6.20 Å². The highest BCUT2D eigenvalue weighted by molar-refractivity contribution is 7.80. The molecular weight excluding hydrogens is 538 g/mol. The van der Waals surface area contributed by atoms with E-state index in [-0.39, 0.29) is 30.0 Å². The van der Waals surface area contributed by atoms with Crippen molar-refractivity contribution in [3.8, 4) is 0 Å². The van der Waals surface area contributed by atoms with Gasteiger partial charge >= 0.3 is 0 Å². The van der Waals surface area contributed by atoms with Gasteiger partial charge in [-0.1, -0.05) is 35.9 Å². The molecule has 0 saturated carbocycles. The van der Waals surface area contributed by atoms with E-state index in [2.05, 4.69) is 71.4 Å². The number of aryl methyl sites for hydroxylation is 2. The molecule has 2 N–H and O–H groups in total. The quantitative estimate of drug-likeness (QED) is 0.310. The molecule has 2 aliphatic heterocycles. The molecule has 0 spiro atoms. The minimum Gasteiger partial charge on any atom is -0.365 e. The van der Waals surface area contributed by atoms with Gasteiger partial charge < -0.3 is 20.4 Å². The van der Waals surface area contributed by atoms with Gasteiger partial charge in [0.1, 0.15) is 0 Å². The predicted molar refractivity (Wildman–Crippen MR) is 169 cm³/mol. The Bertz CT molecular complexity index is 1500. The van der Waals surface area contributed by atoms with E-state index >= 15 is 0 Å². The van der Waals surface area contributed by atoms with Crippen molar-refractivity contribution in [2.75, 3.05) is 23.8 Å². The molecule has 1 aromatic heterocycles. The van der Waals surface area contributed by atoms with Gasteiger partial charge in [0.05, 0.1) is 23.3 Å². The number of allylic oxidation sites excluding steroid dienone is 1. The zero-order valence-electron chi connectivity index (χ0n) is 23.9. The lowest BCUT2D eigenvalue weighted by Crippen LogP contribution is -2.42. The highest BCUT2D eigenvalue weighted by Gasteiger charge is 2.41. The molecule has 2 atom stereocenters. The zero-order valence-corrected chi connectivity index (χ0v) is 25.5. The molecule has 3 aromatic rings. The van der Waals surface area contributed by atoms with Crippen molar-refractivity contribution in [2.45, 2.75) is 58.7 Å². The number of aromatic nitrogens is 1. The Morgan fingerprint density at radius 2 is 1.93 bits per heavy atom. The molecule has 1 amide bonds. The van der Waals surface area contributed by atoms with Gasteiger partial charge in [0, 0.05) is 48.2 Å². The summed E-state index contributed by atoms with van der Waals surface area (Å²) in [5.74, 6) is -0.0595. The van der Waals surface area contributed by atoms with Crippen LogP contribution in [0, 0.1) is 13.8 Å². The number of thiocarbonyl (C=S) groups is 1. The second-order valence-corrected chi connectivity index (χ2v) is 12.2. The minimum absolute atomic E-state index is 0.0595. The Balaban J connectivity index is 1.49. The first-order chi connectivity index (χ1) is 19.0. The van der Waals surface area contributed by atoms with Gasteiger partial charge in [-0.15, -0.1) is 0 Å². The molecule has 3 heterocycles. The Morgan fingerprint density at radius 3 is 2.65 bits per heavy atom. The van der Waals surface area contributed by atoms with Crippen LogP contribution in [0.25, 0.3) is 5.57 Å². The first-order valence-corrected chi connectivity index (χ1v) is 14.4. The number of carbonyl (C=O) groups excluding carboxylic acids is 1. The number of likely N-dealkylation sites (N-methyl/N-ethyl adjacent to an activating group) is 1. The summed E-state index contributed by atoms with van der Waals surface area (Å²) in [7, 11) is 2.10. The minimum atomic E-state index is -0.234. The predicted octanol–water partition coefficient (Wildman–Crippen LogP) is 6.98. The third kappa shape index (κ3) is 5.32. The number of halogens is 1. The van der Waals surface area contributed by atoms with Crippen molar-refractivity contribution < 1.29 is 4.79 Å². The summed E-state index contributed by atoms with van der Waals surface area (Å²) in [5, 5.41) is 7.80. The number of carbonyl (C=O) groups is 1. The van der Waals surface area contributed by atoms with Crippen LogP contribution >= 0.6 is 23.8 Å². The number of anilines is 2. The van der Waals surface area contributed by atoms with E-state index < -0.39 is 0 Å². The van der Waals surface area contributed by atoms with E-state index in [1.165, 1.54) is 5.57 Å². The summed E-state index contributed by atoms with van der Waals surface area (Å²) < 4.78 is 0. The Hall–Kier alpha value is -3.42. The maximum Gasteiger partial charge on any atom is 0.226 e. The summed E-state index contributed by atoms with van der Waals surface area (Å²) in [6.07, 6.45) is 4.35. The molecule has 1 fully saturated rings. The van der Waals surface area contributed by atoms with Crippen molar-refractivity contribution in [2.24, 2.45) is 0 Å². The third-order valence-corrected chi connectivity index (χ3v) is 8.78. The lowest BCUT2D eigenvalue weighted by molar-refractivity contribution is -0.116. The highest BCUT2D eigenvalue weighted by Crippen LogP contribution is 2.46. The van der Waals surface area contributed by atoms with Crippen molar-refractivity contribution in [1.82, 2.24) is 15.2 Å². The molecule has 6 nitrogen and oxygen atoms in total. The van der Waals surface area contributed by atoms with Crippen molar-refractivity contribution in [1.29, 1.82) is 0 Å². The summed E-state index contributed by atoms with van der Waals surface area (Å²) in [5.41, 5.74) is 8.13. The average molecular weight is 574 g/mol. The van der Waals surface area contributed by atoms with Gasteiger partial charge in [-0.2, -0.15) is 0 Å². The SMILES string of the molecule is CC1=CC(C)(C)N(C)c2cc(Cl)c([C@H]3[C@H](c4ccccn4)NC(=S)N3CCC(=O)Nc3cc(C)ccc3C)cc21. The van der Waals surface area contributed by atoms with E-state index in [9.17, 15) is 4.79 Å². The molecule has 5 rings (SSSR count). The molecular formula is C32H36ClN5OS. The van der Waals surface area contributed by atoms with Crippen LogP contribution in [-0.2, 0) is 4.79 Å². The van der Waals surface area contributed by atoms with Crippen molar-refractivity contribution in [3.05, 3.63) is 93.8 Å². The Kier molecular flexibility index (Phi) is 7.64. The first kappa shape index (κ1) is 28.1. The maximum atomic E-state index is 13.1. The summed E-state index contributed by atoms with van der Waals surface area (Å²) in [6, 6.07) is 15.7. The molecule has 8 heteroatoms. The van der Waals surface area contributed by atoms with Gasteiger partial charge in [-0.25, -0.2) is 0 Å². The summed E-state index contributed by atoms with van der Waals surface area (Å²) >= 11 is 12.9. The molecule has 1 saturated heterocycles. The standard InChI is InChI=1S/C32H36ClN5OS/c1-19-10-11-20(2)26(15-19)35-28(39)12-14-38-30(29(36-31(38)40)25-9-7-8-13-34-25)23-16-22-21(3)18-32(4,5)37(6)27(22)17-24(23)33/h7-11,13,15-18,29-30H,12,14H2,1-6H3,(H,35,39)(H,36,40)/t29-,30-/m0/s1. The monoisotopic (exact) mass is 573 g/mol. The summed E-state index contributed by atoms with van der Waals surface area (Å²) in [6.45, 7) is 11.0. The second kappa shape index (κ2) is 10.9. The number of nitrogens with zero attached hydrogens (tertiary/aromatic N) is 3. The van der Waals surface area contributed by atoms with Gasteiger partial charge in [0.15, 0.2) is 5.11 Å². The molecule has 0 radical (unpaired) electrons. The molecule has 2 aliphatic rings. The van der Waals surface area contributed by atoms with Crippen LogP contribution in [0.5, 0.6) is 0 Å². The lowest BCUT2D eigenvalue weighted by atomic mass is 9.86. The average Bonchev–Trinajstić information content (AvgIpc) is 3.24. The molecule has 0 bridgehead atoms. The van der Waals surface area contributed by atoms with Crippen molar-refractivity contribution >= 4 is 51.8 Å². The van der Waals surface area contributed by atoms with Gasteiger partial charge in [0.2, 0.25) is 5.91 Å². The molecule has 0 unspecified atom stereocenters. The molecule has 2 aromatic carbocycles. The van der Waals surface area contributed by atoms with Crippen LogP contribution in [0.1, 0.15) is 67.2 Å². The van der Waals surface area contributed by atoms with E-state index in [0.29, 0.717) is 16.7 Å². The van der Waals surface area contributed by atoms with Crippen LogP contribution in [0.15, 0.2) is 60.8 Å². The number of fused-ring (bicyclic) bond motifs is 1. The smallest absolute Gasteiger partial charge is 0.226 e. The number of benzene rings is 2. The van der Waals surface area contributed by atoms with Crippen LogP contribution < -0.4 is 15.5 Å². The van der Waals surface area contributed by atoms with Gasteiger partial charge in [-0.3, -0.25) is 9.78 Å². The fourth-order valence-electron chi connectivity index (χ4n) is 5.70. The number of pyridine rings is 1. The zero-order chi connectivity index (χ0) is 28.8. The number of hydrogen-bond acceptors (Lipinski definition) is 4. The van der Waals surface area contributed by atoms with Crippen molar-refractivity contribution in [3.63, 3.8) is 0 Å². The number of rotatable bonds is 6. The molecule has 40 heavy (non-hydrogen) atoms. The fraction of sp³-hybridized carbons (Fsp3) is 0.344. The van der Waals surface area contributed by atoms with Crippen LogP contribution in [0.2, 0.25) is 5.02 Å². The normalized spacial score (nSPS) is 19.7.